The van der Waals surface area contributed by atoms with Crippen molar-refractivity contribution < 1.29 is 20.5 Å². The number of hydrogen-bond acceptors (Lipinski definition) is 3. The summed E-state index contributed by atoms with van der Waals surface area (Å²) in [7, 11) is 0. The van der Waals surface area contributed by atoms with Gasteiger partial charge < -0.3 is 20.6 Å². The zero-order chi connectivity index (χ0) is 11.5. The minimum Gasteiger partial charge on any atom is -0.481 e. The lowest BCUT2D eigenvalue weighted by Crippen LogP contribution is -2.20. The van der Waals surface area contributed by atoms with Crippen molar-refractivity contribution in [3.63, 3.8) is 0 Å². The standard InChI is InChI=1S/C9H15NO.C2H4O2.H2O/c11-9-5-4-8-10-6-2-1-3-7-10;1-2(3)4;/h1-3,6,11H,4-5,7-9H2;1H3,(H,3,4);1H2. The highest BCUT2D eigenvalue weighted by molar-refractivity contribution is 5.62. The first-order valence-corrected chi connectivity index (χ1v) is 5.04. The zero-order valence-electron chi connectivity index (χ0n) is 9.59. The number of carboxylic acid groups (broad SMARTS) is 1. The molecule has 0 unspecified atom stereocenters. The molecule has 0 radical (unpaired) electrons. The summed E-state index contributed by atoms with van der Waals surface area (Å²) >= 11 is 0. The van der Waals surface area contributed by atoms with E-state index in [0.29, 0.717) is 6.61 Å². The second-order valence-corrected chi connectivity index (χ2v) is 3.21. The summed E-state index contributed by atoms with van der Waals surface area (Å²) in [6.45, 7) is 3.47. The number of aliphatic carboxylic acids is 1. The minimum atomic E-state index is -0.833. The van der Waals surface area contributed by atoms with Crippen LogP contribution in [0.4, 0.5) is 0 Å². The summed E-state index contributed by atoms with van der Waals surface area (Å²) in [5, 5.41) is 16.0. The number of unbranched alkanes of at least 4 members (excludes halogenated alkanes) is 1. The molecule has 0 atom stereocenters. The number of rotatable bonds is 4. The van der Waals surface area contributed by atoms with E-state index in [0.717, 1.165) is 32.9 Å². The van der Waals surface area contributed by atoms with E-state index in [4.69, 9.17) is 15.0 Å². The molecule has 4 N–H and O–H groups in total. The molecular weight excluding hydrogens is 210 g/mol. The lowest BCUT2D eigenvalue weighted by Gasteiger charge is -2.19. The number of carbonyl (C=O) groups is 1. The molecule has 0 aromatic rings. The average Bonchev–Trinajstić information content (AvgIpc) is 2.19. The van der Waals surface area contributed by atoms with Gasteiger partial charge >= 0.3 is 0 Å². The lowest BCUT2D eigenvalue weighted by molar-refractivity contribution is -0.134. The van der Waals surface area contributed by atoms with E-state index in [1.807, 2.05) is 6.08 Å². The number of aliphatic hydroxyl groups is 1. The van der Waals surface area contributed by atoms with Gasteiger partial charge in [-0.15, -0.1) is 0 Å². The van der Waals surface area contributed by atoms with Crippen LogP contribution in [0.25, 0.3) is 0 Å². The summed E-state index contributed by atoms with van der Waals surface area (Å²) in [5.41, 5.74) is 0. The third-order valence-corrected chi connectivity index (χ3v) is 1.74. The van der Waals surface area contributed by atoms with Crippen LogP contribution >= 0.6 is 0 Å². The van der Waals surface area contributed by atoms with Gasteiger partial charge in [0.1, 0.15) is 0 Å². The van der Waals surface area contributed by atoms with Crippen molar-refractivity contribution in [2.45, 2.75) is 19.8 Å². The SMILES string of the molecule is CC(=O)O.O.OCCCCN1C=CC=CC1. The first-order chi connectivity index (χ1) is 7.16. The molecule has 0 bridgehead atoms. The third kappa shape index (κ3) is 12.7. The monoisotopic (exact) mass is 231 g/mol. The number of carboxylic acids is 1. The van der Waals surface area contributed by atoms with Crippen LogP contribution < -0.4 is 0 Å². The smallest absolute Gasteiger partial charge is 0.300 e. The molecule has 1 rings (SSSR count). The Morgan fingerprint density at radius 3 is 2.44 bits per heavy atom. The Labute approximate surface area is 96.0 Å². The Kier molecular flexibility index (Phi) is 12.5. The molecule has 94 valence electrons. The van der Waals surface area contributed by atoms with Crippen LogP contribution in [0.2, 0.25) is 0 Å². The highest BCUT2D eigenvalue weighted by Gasteiger charge is 1.97. The van der Waals surface area contributed by atoms with Crippen LogP contribution in [0.15, 0.2) is 24.4 Å². The molecule has 5 nitrogen and oxygen atoms in total. The number of allylic oxidation sites excluding steroid dienone is 2. The summed E-state index contributed by atoms with van der Waals surface area (Å²) in [6.07, 6.45) is 10.3. The highest BCUT2D eigenvalue weighted by Crippen LogP contribution is 2.00. The molecule has 0 aliphatic carbocycles. The largest absolute Gasteiger partial charge is 0.481 e. The molecule has 16 heavy (non-hydrogen) atoms. The van der Waals surface area contributed by atoms with Crippen molar-refractivity contribution in [3.8, 4) is 0 Å². The Hall–Kier alpha value is -1.33. The molecule has 0 amide bonds. The molecular formula is C11H21NO4. The van der Waals surface area contributed by atoms with Crippen molar-refractivity contribution in [2.75, 3.05) is 19.7 Å². The van der Waals surface area contributed by atoms with Crippen LogP contribution in [0.3, 0.4) is 0 Å². The van der Waals surface area contributed by atoms with E-state index in [9.17, 15) is 0 Å². The van der Waals surface area contributed by atoms with Crippen LogP contribution in [-0.4, -0.2) is 46.3 Å². The van der Waals surface area contributed by atoms with E-state index in [-0.39, 0.29) is 5.48 Å². The summed E-state index contributed by atoms with van der Waals surface area (Å²) < 4.78 is 0. The molecule has 5 heteroatoms. The van der Waals surface area contributed by atoms with Gasteiger partial charge in [-0.05, 0) is 25.1 Å². The summed E-state index contributed by atoms with van der Waals surface area (Å²) in [5.74, 6) is -0.833. The first-order valence-electron chi connectivity index (χ1n) is 5.04. The van der Waals surface area contributed by atoms with Crippen molar-refractivity contribution >= 4 is 5.97 Å². The Bertz CT molecular complexity index is 222. The van der Waals surface area contributed by atoms with Gasteiger partial charge in [-0.2, -0.15) is 0 Å². The first kappa shape index (κ1) is 17.1. The van der Waals surface area contributed by atoms with Crippen molar-refractivity contribution in [1.82, 2.24) is 4.90 Å². The molecule has 0 fully saturated rings. The van der Waals surface area contributed by atoms with Crippen molar-refractivity contribution in [1.29, 1.82) is 0 Å². The van der Waals surface area contributed by atoms with Crippen LogP contribution in [0.1, 0.15) is 19.8 Å². The second kappa shape index (κ2) is 11.7. The highest BCUT2D eigenvalue weighted by atomic mass is 16.4. The van der Waals surface area contributed by atoms with Crippen LogP contribution in [0.5, 0.6) is 0 Å². The lowest BCUT2D eigenvalue weighted by atomic mass is 10.3. The van der Waals surface area contributed by atoms with Gasteiger partial charge in [0.2, 0.25) is 0 Å². The van der Waals surface area contributed by atoms with E-state index in [2.05, 4.69) is 23.3 Å². The fourth-order valence-corrected chi connectivity index (χ4v) is 1.10. The predicted octanol–water partition coefficient (Wildman–Crippen LogP) is 0.411. The van der Waals surface area contributed by atoms with Gasteiger partial charge in [0.05, 0.1) is 0 Å². The molecule has 0 saturated heterocycles. The van der Waals surface area contributed by atoms with Crippen molar-refractivity contribution in [3.05, 3.63) is 24.4 Å². The topological polar surface area (TPSA) is 92.3 Å². The molecule has 1 heterocycles. The predicted molar refractivity (Wildman–Crippen MR) is 63.1 cm³/mol. The van der Waals surface area contributed by atoms with Crippen LogP contribution in [0, 0.1) is 0 Å². The van der Waals surface area contributed by atoms with Crippen LogP contribution in [-0.2, 0) is 4.79 Å². The number of nitrogens with zero attached hydrogens (tertiary/aromatic N) is 1. The molecule has 0 aromatic heterocycles. The molecule has 0 aromatic carbocycles. The Balaban J connectivity index is 0. The second-order valence-electron chi connectivity index (χ2n) is 3.21. The minimum absolute atomic E-state index is 0. The number of aliphatic hydroxyl groups excluding tert-OH is 1. The quantitative estimate of drug-likeness (QED) is 0.685. The molecule has 0 spiro atoms. The molecule has 0 saturated carbocycles. The Morgan fingerprint density at radius 1 is 1.38 bits per heavy atom. The molecule has 1 aliphatic heterocycles. The van der Waals surface area contributed by atoms with Gasteiger partial charge in [-0.1, -0.05) is 12.2 Å². The maximum Gasteiger partial charge on any atom is 0.300 e. The fraction of sp³-hybridized carbons (Fsp3) is 0.545. The fourth-order valence-electron chi connectivity index (χ4n) is 1.10. The summed E-state index contributed by atoms with van der Waals surface area (Å²) in [6, 6.07) is 0. The van der Waals surface area contributed by atoms with Gasteiger partial charge in [-0.25, -0.2) is 0 Å². The molecule has 1 aliphatic rings. The summed E-state index contributed by atoms with van der Waals surface area (Å²) in [4.78, 5) is 11.2. The van der Waals surface area contributed by atoms with E-state index >= 15 is 0 Å². The van der Waals surface area contributed by atoms with E-state index in [1.165, 1.54) is 0 Å². The third-order valence-electron chi connectivity index (χ3n) is 1.74. The average molecular weight is 231 g/mol. The van der Waals surface area contributed by atoms with E-state index < -0.39 is 5.97 Å². The Morgan fingerprint density at radius 2 is 2.00 bits per heavy atom. The maximum absolute atomic E-state index is 9.00. The normalized spacial score (nSPS) is 12.5. The zero-order valence-corrected chi connectivity index (χ0v) is 9.59. The van der Waals surface area contributed by atoms with Gasteiger partial charge in [0, 0.05) is 26.6 Å². The van der Waals surface area contributed by atoms with Crippen molar-refractivity contribution in [2.24, 2.45) is 0 Å². The van der Waals surface area contributed by atoms with Gasteiger partial charge in [-0.3, -0.25) is 4.79 Å². The van der Waals surface area contributed by atoms with E-state index in [1.54, 1.807) is 0 Å². The maximum atomic E-state index is 9.00. The van der Waals surface area contributed by atoms with Gasteiger partial charge in [0.15, 0.2) is 0 Å². The van der Waals surface area contributed by atoms with Gasteiger partial charge in [0.25, 0.3) is 5.97 Å². The number of hydrogen-bond donors (Lipinski definition) is 2.